The summed E-state index contributed by atoms with van der Waals surface area (Å²) in [4.78, 5) is 2.85. The topological polar surface area (TPSA) is 111 Å². The van der Waals surface area contributed by atoms with E-state index < -0.39 is 38.4 Å². The third kappa shape index (κ3) is 8.83. The van der Waals surface area contributed by atoms with Gasteiger partial charge in [0.1, 0.15) is 0 Å². The number of hydrogen-bond donors (Lipinski definition) is 3. The fourth-order valence-electron chi connectivity index (χ4n) is 3.25. The minimum absolute atomic E-state index is 0. The molecule has 0 unspecified atom stereocenters. The van der Waals surface area contributed by atoms with Crippen molar-refractivity contribution in [3.05, 3.63) is 29.3 Å². The van der Waals surface area contributed by atoms with Gasteiger partial charge in [-0.25, -0.2) is 13.1 Å². The maximum absolute atomic E-state index is 12.9. The van der Waals surface area contributed by atoms with Gasteiger partial charge in [-0.2, -0.15) is 26.3 Å². The Labute approximate surface area is 194 Å². The van der Waals surface area contributed by atoms with Gasteiger partial charge in [-0.1, -0.05) is 0 Å². The number of nitrogens with zero attached hydrogens (tertiary/aromatic N) is 1. The van der Waals surface area contributed by atoms with Gasteiger partial charge in [0, 0.05) is 13.1 Å². The first-order valence-electron chi connectivity index (χ1n) is 9.03. The SMILES string of the molecule is Cl.Cl.NC(N)=NCC1CCC(CNS(=O)(=O)c2cc(C(F)(F)F)cc(C(F)(F)F)c2)CC1. The molecule has 1 fully saturated rings. The molecule has 2 rings (SSSR count). The van der Waals surface area contributed by atoms with Crippen molar-refractivity contribution in [1.82, 2.24) is 4.72 Å². The average Bonchev–Trinajstić information content (AvgIpc) is 2.64. The lowest BCUT2D eigenvalue weighted by molar-refractivity contribution is -0.143. The molecule has 0 aromatic heterocycles. The molecule has 0 bridgehead atoms. The molecule has 32 heavy (non-hydrogen) atoms. The predicted molar refractivity (Wildman–Crippen MR) is 112 cm³/mol. The Balaban J connectivity index is 0.00000480. The second-order valence-electron chi connectivity index (χ2n) is 7.25. The summed E-state index contributed by atoms with van der Waals surface area (Å²) in [5.74, 6) is 0.116. The second kappa shape index (κ2) is 11.6. The highest BCUT2D eigenvalue weighted by atomic mass is 35.5. The molecule has 0 amide bonds. The number of rotatable bonds is 6. The Bertz CT molecular complexity index is 850. The molecule has 1 saturated carbocycles. The molecule has 1 aromatic carbocycles. The van der Waals surface area contributed by atoms with Crippen LogP contribution in [0.1, 0.15) is 36.8 Å². The van der Waals surface area contributed by atoms with E-state index >= 15 is 0 Å². The molecular weight excluding hydrogens is 509 g/mol. The van der Waals surface area contributed by atoms with Crippen molar-refractivity contribution in [2.45, 2.75) is 42.9 Å². The third-order valence-electron chi connectivity index (χ3n) is 4.93. The zero-order valence-electron chi connectivity index (χ0n) is 16.5. The molecule has 5 N–H and O–H groups in total. The summed E-state index contributed by atoms with van der Waals surface area (Å²) < 4.78 is 105. The summed E-state index contributed by atoms with van der Waals surface area (Å²) in [5, 5.41) is 0. The van der Waals surface area contributed by atoms with Crippen LogP contribution in [0.4, 0.5) is 26.3 Å². The molecule has 15 heteroatoms. The summed E-state index contributed by atoms with van der Waals surface area (Å²) in [5.41, 5.74) is 7.18. The molecular formula is C17H24Cl2F6N4O2S. The van der Waals surface area contributed by atoms with Gasteiger partial charge in [0.25, 0.3) is 0 Å². The van der Waals surface area contributed by atoms with Gasteiger partial charge >= 0.3 is 12.4 Å². The van der Waals surface area contributed by atoms with E-state index in [1.54, 1.807) is 0 Å². The predicted octanol–water partition coefficient (Wildman–Crippen LogP) is 3.93. The number of nitrogens with one attached hydrogen (secondary N) is 1. The molecule has 6 nitrogen and oxygen atoms in total. The normalized spacial score (nSPS) is 19.4. The standard InChI is InChI=1S/C17H22F6N4O2S.2ClH/c18-16(19,20)12-5-13(17(21,22)23)7-14(6-12)30(28,29)27-9-11-3-1-10(2-4-11)8-26-15(24)25;;/h5-7,10-11,27H,1-4,8-9H2,(H4,24,25,26);2*1H. The number of benzene rings is 1. The highest BCUT2D eigenvalue weighted by molar-refractivity contribution is 7.89. The number of aliphatic imine (C=N–C) groups is 1. The number of halogens is 8. The zero-order valence-corrected chi connectivity index (χ0v) is 19.0. The van der Waals surface area contributed by atoms with Crippen LogP contribution in [0, 0.1) is 11.8 Å². The Morgan fingerprint density at radius 2 is 1.34 bits per heavy atom. The number of nitrogens with two attached hydrogens (primary N) is 2. The minimum atomic E-state index is -5.13. The zero-order chi connectivity index (χ0) is 22.7. The van der Waals surface area contributed by atoms with E-state index in [4.69, 9.17) is 11.5 Å². The molecule has 1 aliphatic rings. The minimum Gasteiger partial charge on any atom is -0.370 e. The number of alkyl halides is 6. The van der Waals surface area contributed by atoms with Crippen LogP contribution < -0.4 is 16.2 Å². The van der Waals surface area contributed by atoms with Gasteiger partial charge in [0.2, 0.25) is 10.0 Å². The van der Waals surface area contributed by atoms with Crippen LogP contribution in [0.5, 0.6) is 0 Å². The first kappa shape index (κ1) is 30.6. The van der Waals surface area contributed by atoms with Crippen molar-refractivity contribution < 1.29 is 34.8 Å². The Morgan fingerprint density at radius 1 is 0.906 bits per heavy atom. The van der Waals surface area contributed by atoms with Gasteiger partial charge in [0.15, 0.2) is 5.96 Å². The van der Waals surface area contributed by atoms with Crippen molar-refractivity contribution in [2.75, 3.05) is 13.1 Å². The van der Waals surface area contributed by atoms with Gasteiger partial charge in [-0.05, 0) is 55.7 Å². The lowest BCUT2D eigenvalue weighted by Crippen LogP contribution is -2.32. The van der Waals surface area contributed by atoms with Gasteiger partial charge in [0.05, 0.1) is 16.0 Å². The van der Waals surface area contributed by atoms with Crippen molar-refractivity contribution in [2.24, 2.45) is 28.3 Å². The molecule has 0 aliphatic heterocycles. The molecule has 1 aliphatic carbocycles. The average molecular weight is 533 g/mol. The van der Waals surface area contributed by atoms with E-state index in [1.165, 1.54) is 0 Å². The summed E-state index contributed by atoms with van der Waals surface area (Å²) in [6.07, 6.45) is -7.54. The fraction of sp³-hybridized carbons (Fsp3) is 0.588. The molecule has 0 saturated heterocycles. The quantitative estimate of drug-likeness (QED) is 0.293. The number of sulfonamides is 1. The Morgan fingerprint density at radius 3 is 1.75 bits per heavy atom. The number of hydrogen-bond acceptors (Lipinski definition) is 3. The molecule has 0 heterocycles. The van der Waals surface area contributed by atoms with E-state index in [0.717, 1.165) is 12.8 Å². The van der Waals surface area contributed by atoms with Crippen molar-refractivity contribution >= 4 is 40.8 Å². The molecule has 0 atom stereocenters. The molecule has 1 aromatic rings. The van der Waals surface area contributed by atoms with E-state index in [9.17, 15) is 34.8 Å². The smallest absolute Gasteiger partial charge is 0.370 e. The molecule has 0 spiro atoms. The first-order chi connectivity index (χ1) is 13.7. The Kier molecular flexibility index (Phi) is 11.1. The van der Waals surface area contributed by atoms with E-state index in [0.29, 0.717) is 19.4 Å². The monoisotopic (exact) mass is 532 g/mol. The first-order valence-corrected chi connectivity index (χ1v) is 10.5. The lowest BCUT2D eigenvalue weighted by atomic mass is 9.82. The van der Waals surface area contributed by atoms with E-state index in [1.807, 2.05) is 0 Å². The largest absolute Gasteiger partial charge is 0.416 e. The van der Waals surface area contributed by atoms with Crippen LogP contribution in [0.15, 0.2) is 28.1 Å². The van der Waals surface area contributed by atoms with Crippen LogP contribution in [0.25, 0.3) is 0 Å². The van der Waals surface area contributed by atoms with Crippen molar-refractivity contribution in [3.8, 4) is 0 Å². The Hall–Kier alpha value is -1.44. The van der Waals surface area contributed by atoms with Crippen LogP contribution in [0.2, 0.25) is 0 Å². The summed E-state index contributed by atoms with van der Waals surface area (Å²) in [6, 6.07) is 0.282. The fourth-order valence-corrected chi connectivity index (χ4v) is 4.43. The lowest BCUT2D eigenvalue weighted by Gasteiger charge is -2.27. The van der Waals surface area contributed by atoms with Crippen LogP contribution >= 0.6 is 24.8 Å². The van der Waals surface area contributed by atoms with E-state index in [2.05, 4.69) is 9.71 Å². The maximum atomic E-state index is 12.9. The van der Waals surface area contributed by atoms with Crippen LogP contribution in [0.3, 0.4) is 0 Å². The maximum Gasteiger partial charge on any atom is 0.416 e. The summed E-state index contributed by atoms with van der Waals surface area (Å²) in [7, 11) is -4.57. The van der Waals surface area contributed by atoms with Crippen molar-refractivity contribution in [1.29, 1.82) is 0 Å². The molecule has 186 valence electrons. The third-order valence-corrected chi connectivity index (χ3v) is 6.33. The van der Waals surface area contributed by atoms with Crippen LogP contribution in [-0.2, 0) is 22.4 Å². The van der Waals surface area contributed by atoms with Gasteiger partial charge in [-0.15, -0.1) is 24.8 Å². The highest BCUT2D eigenvalue weighted by Crippen LogP contribution is 2.37. The molecule has 0 radical (unpaired) electrons. The van der Waals surface area contributed by atoms with Gasteiger partial charge < -0.3 is 11.5 Å². The van der Waals surface area contributed by atoms with E-state index in [-0.39, 0.29) is 67.4 Å². The van der Waals surface area contributed by atoms with Gasteiger partial charge in [-0.3, -0.25) is 4.99 Å². The summed E-state index contributed by atoms with van der Waals surface area (Å²) in [6.45, 7) is 0.361. The van der Waals surface area contributed by atoms with Crippen molar-refractivity contribution in [3.63, 3.8) is 0 Å². The van der Waals surface area contributed by atoms with Crippen LogP contribution in [-0.4, -0.2) is 27.5 Å². The number of guanidine groups is 1. The summed E-state index contributed by atoms with van der Waals surface area (Å²) >= 11 is 0. The highest BCUT2D eigenvalue weighted by Gasteiger charge is 2.38. The second-order valence-corrected chi connectivity index (χ2v) is 9.01.